The molecular weight excluding hydrogens is 228 g/mol. The fourth-order valence-corrected chi connectivity index (χ4v) is 1.80. The molecule has 1 aromatic carbocycles. The normalized spacial score (nSPS) is 24.4. The maximum atomic E-state index is 11.8. The van der Waals surface area contributed by atoms with Crippen LogP contribution in [0.1, 0.15) is 39.4 Å². The molecule has 1 aromatic rings. The first kappa shape index (κ1) is 13.1. The number of carbonyl (C=O) groups excluding carboxylic acids is 1. The van der Waals surface area contributed by atoms with Gasteiger partial charge >= 0.3 is 5.97 Å². The molecule has 0 aromatic heterocycles. The van der Waals surface area contributed by atoms with Crippen molar-refractivity contribution in [1.82, 2.24) is 0 Å². The molecule has 0 bridgehead atoms. The molecule has 0 unspecified atom stereocenters. The second-order valence-corrected chi connectivity index (χ2v) is 5.79. The lowest BCUT2D eigenvalue weighted by Gasteiger charge is -2.19. The first-order valence-corrected chi connectivity index (χ1v) is 6.31. The van der Waals surface area contributed by atoms with Gasteiger partial charge in [-0.05, 0) is 33.3 Å². The van der Waals surface area contributed by atoms with Gasteiger partial charge in [-0.15, -0.1) is 0 Å². The Morgan fingerprint density at radius 1 is 1.28 bits per heavy atom. The lowest BCUT2D eigenvalue weighted by Crippen LogP contribution is -2.29. The average molecular weight is 248 g/mol. The highest BCUT2D eigenvalue weighted by Crippen LogP contribution is 2.41. The quantitative estimate of drug-likeness (QED) is 0.609. The summed E-state index contributed by atoms with van der Waals surface area (Å²) in [4.78, 5) is 11.8. The van der Waals surface area contributed by atoms with Crippen molar-refractivity contribution < 1.29 is 14.3 Å². The Hall–Kier alpha value is -1.35. The summed E-state index contributed by atoms with van der Waals surface area (Å²) >= 11 is 0. The highest BCUT2D eigenvalue weighted by atomic mass is 16.6. The molecule has 98 valence electrons. The average Bonchev–Trinajstić information content (AvgIpc) is 3.08. The summed E-state index contributed by atoms with van der Waals surface area (Å²) in [5, 5.41) is 0. The Bertz CT molecular complexity index is 419. The summed E-state index contributed by atoms with van der Waals surface area (Å²) in [7, 11) is 0. The Morgan fingerprint density at radius 3 is 2.44 bits per heavy atom. The van der Waals surface area contributed by atoms with Gasteiger partial charge < -0.3 is 9.47 Å². The van der Waals surface area contributed by atoms with Crippen LogP contribution < -0.4 is 0 Å². The second kappa shape index (κ2) is 4.73. The largest absolute Gasteiger partial charge is 0.459 e. The highest BCUT2D eigenvalue weighted by molar-refractivity contribution is 5.75. The van der Waals surface area contributed by atoms with E-state index in [2.05, 4.69) is 0 Å². The first-order chi connectivity index (χ1) is 8.39. The Labute approximate surface area is 108 Å². The summed E-state index contributed by atoms with van der Waals surface area (Å²) in [6.07, 6.45) is -0.158. The van der Waals surface area contributed by atoms with E-state index >= 15 is 0 Å². The van der Waals surface area contributed by atoms with Crippen LogP contribution in [0.15, 0.2) is 30.3 Å². The van der Waals surface area contributed by atoms with Crippen LogP contribution >= 0.6 is 0 Å². The smallest absolute Gasteiger partial charge is 0.311 e. The van der Waals surface area contributed by atoms with Crippen molar-refractivity contribution >= 4 is 5.97 Å². The van der Waals surface area contributed by atoms with E-state index in [1.165, 1.54) is 0 Å². The molecule has 1 aliphatic rings. The number of hydrogen-bond donors (Lipinski definition) is 0. The van der Waals surface area contributed by atoms with Crippen LogP contribution in [0, 0.1) is 5.41 Å². The number of epoxide rings is 1. The molecule has 1 aliphatic heterocycles. The highest BCUT2D eigenvalue weighted by Gasteiger charge is 2.46. The zero-order valence-corrected chi connectivity index (χ0v) is 11.3. The predicted octanol–water partition coefficient (Wildman–Crippen LogP) is 3.10. The molecule has 0 N–H and O–H groups in total. The van der Waals surface area contributed by atoms with E-state index in [4.69, 9.17) is 9.47 Å². The molecule has 3 heteroatoms. The molecule has 18 heavy (non-hydrogen) atoms. The van der Waals surface area contributed by atoms with Gasteiger partial charge in [-0.3, -0.25) is 4.79 Å². The van der Waals surface area contributed by atoms with Crippen LogP contribution in [0.25, 0.3) is 0 Å². The minimum Gasteiger partial charge on any atom is -0.459 e. The molecule has 1 saturated heterocycles. The zero-order chi connectivity index (χ0) is 13.3. The molecule has 3 atom stereocenters. The maximum Gasteiger partial charge on any atom is 0.311 e. The van der Waals surface area contributed by atoms with Crippen molar-refractivity contribution in [2.75, 3.05) is 0 Å². The van der Waals surface area contributed by atoms with Gasteiger partial charge in [0.15, 0.2) is 0 Å². The monoisotopic (exact) mass is 248 g/mol. The Balaban J connectivity index is 1.90. The van der Waals surface area contributed by atoms with Crippen LogP contribution in [-0.4, -0.2) is 18.2 Å². The fraction of sp³-hybridized carbons (Fsp3) is 0.533. The molecule has 0 saturated carbocycles. The van der Waals surface area contributed by atoms with Crippen LogP contribution in [0.5, 0.6) is 0 Å². The standard InChI is InChI=1S/C15H20O3/c1-10(17-14(16)15(2,3)4)12-13(18-12)11-8-6-5-7-9-11/h5-10,12-13H,1-4H3/t10-,12-,13-/m1/s1. The van der Waals surface area contributed by atoms with E-state index in [0.717, 1.165) is 5.56 Å². The van der Waals surface area contributed by atoms with Crippen LogP contribution in [0.3, 0.4) is 0 Å². The molecule has 1 fully saturated rings. The lowest BCUT2D eigenvalue weighted by molar-refractivity contribution is -0.158. The second-order valence-electron chi connectivity index (χ2n) is 5.79. The summed E-state index contributed by atoms with van der Waals surface area (Å²) in [6.45, 7) is 7.44. The lowest BCUT2D eigenvalue weighted by atomic mass is 9.97. The maximum absolute atomic E-state index is 11.8. The van der Waals surface area contributed by atoms with Gasteiger partial charge in [-0.25, -0.2) is 0 Å². The van der Waals surface area contributed by atoms with Crippen molar-refractivity contribution in [2.45, 2.75) is 46.0 Å². The summed E-state index contributed by atoms with van der Waals surface area (Å²) in [5.74, 6) is -0.183. The van der Waals surface area contributed by atoms with E-state index in [-0.39, 0.29) is 24.3 Å². The molecule has 1 heterocycles. The van der Waals surface area contributed by atoms with Gasteiger partial charge in [0.05, 0.1) is 5.41 Å². The van der Waals surface area contributed by atoms with Gasteiger partial charge in [0.2, 0.25) is 0 Å². The predicted molar refractivity (Wildman–Crippen MR) is 69.1 cm³/mol. The third kappa shape index (κ3) is 2.91. The van der Waals surface area contributed by atoms with Crippen molar-refractivity contribution in [1.29, 1.82) is 0 Å². The number of hydrogen-bond acceptors (Lipinski definition) is 3. The number of ether oxygens (including phenoxy) is 2. The number of rotatable bonds is 3. The fourth-order valence-electron chi connectivity index (χ4n) is 1.80. The van der Waals surface area contributed by atoms with Gasteiger partial charge in [-0.2, -0.15) is 0 Å². The summed E-state index contributed by atoms with van der Waals surface area (Å²) < 4.78 is 11.0. The van der Waals surface area contributed by atoms with Gasteiger partial charge in [-0.1, -0.05) is 30.3 Å². The molecule has 0 radical (unpaired) electrons. The van der Waals surface area contributed by atoms with Gasteiger partial charge in [0.1, 0.15) is 18.3 Å². The van der Waals surface area contributed by atoms with Crippen LogP contribution in [0.2, 0.25) is 0 Å². The SMILES string of the molecule is C[C@@H](OC(=O)C(C)(C)C)[C@H]1O[C@@H]1c1ccccc1. The van der Waals surface area contributed by atoms with Crippen molar-refractivity contribution in [2.24, 2.45) is 5.41 Å². The Morgan fingerprint density at radius 2 is 1.89 bits per heavy atom. The van der Waals surface area contributed by atoms with Crippen molar-refractivity contribution in [3.05, 3.63) is 35.9 Å². The zero-order valence-electron chi connectivity index (χ0n) is 11.3. The van der Waals surface area contributed by atoms with E-state index in [1.54, 1.807) is 0 Å². The molecule has 2 rings (SSSR count). The minimum absolute atomic E-state index is 0.0151. The molecule has 0 amide bonds. The molecule has 0 aliphatic carbocycles. The first-order valence-electron chi connectivity index (χ1n) is 6.31. The molecular formula is C15H20O3. The molecule has 0 spiro atoms. The van der Waals surface area contributed by atoms with Crippen LogP contribution in [-0.2, 0) is 14.3 Å². The van der Waals surface area contributed by atoms with E-state index in [1.807, 2.05) is 58.0 Å². The van der Waals surface area contributed by atoms with E-state index in [9.17, 15) is 4.79 Å². The Kier molecular flexibility index (Phi) is 3.44. The van der Waals surface area contributed by atoms with Gasteiger partial charge in [0, 0.05) is 0 Å². The summed E-state index contributed by atoms with van der Waals surface area (Å²) in [6, 6.07) is 10.0. The topological polar surface area (TPSA) is 38.8 Å². The third-order valence-corrected chi connectivity index (χ3v) is 3.02. The summed E-state index contributed by atoms with van der Waals surface area (Å²) in [5.41, 5.74) is 0.673. The number of benzene rings is 1. The molecule has 3 nitrogen and oxygen atoms in total. The minimum atomic E-state index is -0.467. The van der Waals surface area contributed by atoms with Gasteiger partial charge in [0.25, 0.3) is 0 Å². The number of carbonyl (C=O) groups is 1. The van der Waals surface area contributed by atoms with Crippen molar-refractivity contribution in [3.63, 3.8) is 0 Å². The van der Waals surface area contributed by atoms with Crippen molar-refractivity contribution in [3.8, 4) is 0 Å². The van der Waals surface area contributed by atoms with E-state index in [0.29, 0.717) is 0 Å². The number of esters is 1. The third-order valence-electron chi connectivity index (χ3n) is 3.02. The van der Waals surface area contributed by atoms with E-state index < -0.39 is 5.41 Å². The van der Waals surface area contributed by atoms with Crippen LogP contribution in [0.4, 0.5) is 0 Å².